The molecule has 0 aromatic carbocycles. The minimum atomic E-state index is -3.27. The second kappa shape index (κ2) is 1.93. The van der Waals surface area contributed by atoms with Crippen LogP contribution in [0, 0.1) is 0 Å². The van der Waals surface area contributed by atoms with Crippen LogP contribution < -0.4 is 0 Å². The van der Waals surface area contributed by atoms with Crippen molar-refractivity contribution in [1.82, 2.24) is 0 Å². The van der Waals surface area contributed by atoms with E-state index in [9.17, 15) is 8.42 Å². The third kappa shape index (κ3) is 0.892. The van der Waals surface area contributed by atoms with E-state index in [0.29, 0.717) is 0 Å². The Morgan fingerprint density at radius 2 is 2.00 bits per heavy atom. The molecule has 1 unspecified atom stereocenters. The van der Waals surface area contributed by atoms with E-state index in [0.717, 1.165) is 0 Å². The average Bonchev–Trinajstić information content (AvgIpc) is 1.95. The van der Waals surface area contributed by atoms with Gasteiger partial charge in [0.15, 0.2) is 9.84 Å². The Morgan fingerprint density at radius 3 is 2.10 bits per heavy atom. The third-order valence-corrected chi connectivity index (χ3v) is 3.28. The standard InChI is InChI=1S/C6H8O3S/c1-4-5(2)10(8,9)3-6(4)7/h6-7H,1-3H2. The summed E-state index contributed by atoms with van der Waals surface area (Å²) in [5.41, 5.74) is 0.222. The molecular weight excluding hydrogens is 152 g/mol. The molecule has 3 nitrogen and oxygen atoms in total. The fourth-order valence-electron chi connectivity index (χ4n) is 0.795. The molecule has 56 valence electrons. The van der Waals surface area contributed by atoms with Crippen LogP contribution in [0.1, 0.15) is 0 Å². The second-order valence-corrected chi connectivity index (χ2v) is 4.30. The van der Waals surface area contributed by atoms with Gasteiger partial charge in [-0.2, -0.15) is 0 Å². The zero-order valence-electron chi connectivity index (χ0n) is 5.37. The van der Waals surface area contributed by atoms with Gasteiger partial charge in [0.05, 0.1) is 16.8 Å². The second-order valence-electron chi connectivity index (χ2n) is 2.25. The van der Waals surface area contributed by atoms with E-state index < -0.39 is 15.9 Å². The molecule has 0 bridgehead atoms. The van der Waals surface area contributed by atoms with Crippen LogP contribution in [-0.4, -0.2) is 25.4 Å². The number of sulfone groups is 1. The molecule has 0 aromatic heterocycles. The summed E-state index contributed by atoms with van der Waals surface area (Å²) in [6, 6.07) is 0. The van der Waals surface area contributed by atoms with Gasteiger partial charge in [-0.25, -0.2) is 8.42 Å². The van der Waals surface area contributed by atoms with Crippen molar-refractivity contribution in [2.45, 2.75) is 6.10 Å². The van der Waals surface area contributed by atoms with Crippen molar-refractivity contribution in [3.8, 4) is 0 Å². The van der Waals surface area contributed by atoms with Crippen LogP contribution in [0.5, 0.6) is 0 Å². The van der Waals surface area contributed by atoms with Gasteiger partial charge in [-0.05, 0) is 5.57 Å². The van der Waals surface area contributed by atoms with E-state index >= 15 is 0 Å². The maximum atomic E-state index is 10.9. The molecule has 1 heterocycles. The summed E-state index contributed by atoms with van der Waals surface area (Å²) in [4.78, 5) is -0.0278. The van der Waals surface area contributed by atoms with Crippen molar-refractivity contribution in [2.24, 2.45) is 0 Å². The first-order chi connectivity index (χ1) is 4.45. The van der Waals surface area contributed by atoms with Gasteiger partial charge >= 0.3 is 0 Å². The van der Waals surface area contributed by atoms with Gasteiger partial charge in [-0.3, -0.25) is 0 Å². The highest BCUT2D eigenvalue weighted by molar-refractivity contribution is 7.95. The number of hydrogen-bond acceptors (Lipinski definition) is 3. The highest BCUT2D eigenvalue weighted by atomic mass is 32.2. The molecule has 0 aliphatic carbocycles. The Hall–Kier alpha value is -0.610. The minimum absolute atomic E-state index is 0.0278. The van der Waals surface area contributed by atoms with E-state index in [1.165, 1.54) is 0 Å². The summed E-state index contributed by atoms with van der Waals surface area (Å²) in [5.74, 6) is -0.259. The molecule has 1 N–H and O–H groups in total. The van der Waals surface area contributed by atoms with E-state index in [1.54, 1.807) is 0 Å². The van der Waals surface area contributed by atoms with E-state index in [1.807, 2.05) is 0 Å². The molecule has 1 fully saturated rings. The van der Waals surface area contributed by atoms with Gasteiger partial charge in [0.2, 0.25) is 0 Å². The monoisotopic (exact) mass is 160 g/mol. The molecule has 10 heavy (non-hydrogen) atoms. The molecular formula is C6H8O3S. The molecule has 0 aromatic rings. The molecule has 1 aliphatic heterocycles. The van der Waals surface area contributed by atoms with E-state index in [4.69, 9.17) is 5.11 Å². The molecule has 1 atom stereocenters. The van der Waals surface area contributed by atoms with Crippen molar-refractivity contribution >= 4 is 9.84 Å². The van der Waals surface area contributed by atoms with Crippen LogP contribution in [0.25, 0.3) is 0 Å². The van der Waals surface area contributed by atoms with Gasteiger partial charge in [-0.15, -0.1) is 0 Å². The zero-order chi connectivity index (χ0) is 7.94. The SMILES string of the molecule is C=C1C(=C)S(=O)(=O)CC1O. The van der Waals surface area contributed by atoms with E-state index in [-0.39, 0.29) is 16.2 Å². The van der Waals surface area contributed by atoms with Crippen LogP contribution in [0.15, 0.2) is 23.6 Å². The molecule has 0 amide bonds. The molecule has 1 aliphatic rings. The summed E-state index contributed by atoms with van der Waals surface area (Å²) in [6.07, 6.45) is -0.947. The summed E-state index contributed by atoms with van der Waals surface area (Å²) in [5, 5.41) is 8.96. The minimum Gasteiger partial charge on any atom is -0.387 e. The van der Waals surface area contributed by atoms with Gasteiger partial charge in [0, 0.05) is 0 Å². The van der Waals surface area contributed by atoms with Crippen molar-refractivity contribution < 1.29 is 13.5 Å². The Kier molecular flexibility index (Phi) is 1.45. The maximum absolute atomic E-state index is 10.9. The van der Waals surface area contributed by atoms with Crippen molar-refractivity contribution in [3.05, 3.63) is 23.6 Å². The number of aliphatic hydroxyl groups is 1. The first-order valence-electron chi connectivity index (χ1n) is 2.74. The fraction of sp³-hybridized carbons (Fsp3) is 0.333. The smallest absolute Gasteiger partial charge is 0.181 e. The van der Waals surface area contributed by atoms with Crippen molar-refractivity contribution in [2.75, 3.05) is 5.75 Å². The summed E-state index contributed by atoms with van der Waals surface area (Å²) >= 11 is 0. The molecule has 1 saturated heterocycles. The van der Waals surface area contributed by atoms with Crippen molar-refractivity contribution in [3.63, 3.8) is 0 Å². The number of aliphatic hydroxyl groups excluding tert-OH is 1. The molecule has 4 heteroatoms. The number of rotatable bonds is 0. The maximum Gasteiger partial charge on any atom is 0.181 e. The van der Waals surface area contributed by atoms with Crippen LogP contribution in [0.3, 0.4) is 0 Å². The first kappa shape index (κ1) is 7.50. The average molecular weight is 160 g/mol. The van der Waals surface area contributed by atoms with Crippen LogP contribution in [-0.2, 0) is 9.84 Å². The summed E-state index contributed by atoms with van der Waals surface area (Å²) in [7, 11) is -3.27. The summed E-state index contributed by atoms with van der Waals surface area (Å²) in [6.45, 7) is 6.67. The normalized spacial score (nSPS) is 31.1. The molecule has 0 radical (unpaired) electrons. The molecule has 1 rings (SSSR count). The Morgan fingerprint density at radius 1 is 1.50 bits per heavy atom. The Balaban J connectivity index is 3.17. The van der Waals surface area contributed by atoms with Crippen LogP contribution >= 0.6 is 0 Å². The zero-order valence-corrected chi connectivity index (χ0v) is 6.19. The predicted molar refractivity (Wildman–Crippen MR) is 38.1 cm³/mol. The van der Waals surface area contributed by atoms with Gasteiger partial charge in [-0.1, -0.05) is 13.2 Å². The van der Waals surface area contributed by atoms with Gasteiger partial charge in [0.1, 0.15) is 0 Å². The Bertz CT molecular complexity index is 286. The van der Waals surface area contributed by atoms with Crippen LogP contribution in [0.2, 0.25) is 0 Å². The Labute approximate surface area is 59.6 Å². The highest BCUT2D eigenvalue weighted by Crippen LogP contribution is 2.26. The third-order valence-electron chi connectivity index (χ3n) is 1.51. The fourth-order valence-corrected chi connectivity index (χ4v) is 2.15. The number of hydrogen-bond donors (Lipinski definition) is 1. The lowest BCUT2D eigenvalue weighted by Gasteiger charge is -1.95. The lowest BCUT2D eigenvalue weighted by molar-refractivity contribution is 0.242. The van der Waals surface area contributed by atoms with E-state index in [2.05, 4.69) is 13.2 Å². The van der Waals surface area contributed by atoms with Crippen LogP contribution in [0.4, 0.5) is 0 Å². The summed E-state index contributed by atoms with van der Waals surface area (Å²) < 4.78 is 21.7. The highest BCUT2D eigenvalue weighted by Gasteiger charge is 2.33. The largest absolute Gasteiger partial charge is 0.387 e. The lowest BCUT2D eigenvalue weighted by atomic mass is 10.2. The first-order valence-corrected chi connectivity index (χ1v) is 4.39. The molecule has 0 spiro atoms. The van der Waals surface area contributed by atoms with Gasteiger partial charge < -0.3 is 5.11 Å². The topological polar surface area (TPSA) is 54.4 Å². The molecule has 0 saturated carbocycles. The predicted octanol–water partition coefficient (Wildman–Crippen LogP) is -0.154. The van der Waals surface area contributed by atoms with Gasteiger partial charge in [0.25, 0.3) is 0 Å². The van der Waals surface area contributed by atoms with Crippen molar-refractivity contribution in [1.29, 1.82) is 0 Å². The lowest BCUT2D eigenvalue weighted by Crippen LogP contribution is -2.08. The quantitative estimate of drug-likeness (QED) is 0.536.